The lowest BCUT2D eigenvalue weighted by Gasteiger charge is -2.40. The molecule has 2 heterocycles. The molecular formula is C23H23ClN4O4S. The number of aryl methyl sites for hydroxylation is 1. The Morgan fingerprint density at radius 3 is 2.48 bits per heavy atom. The second-order valence-corrected chi connectivity index (χ2v) is 8.72. The number of hydrogen-bond acceptors (Lipinski definition) is 5. The fourth-order valence-corrected chi connectivity index (χ4v) is 4.61. The predicted molar refractivity (Wildman–Crippen MR) is 130 cm³/mol. The van der Waals surface area contributed by atoms with Crippen LogP contribution in [0.1, 0.15) is 24.1 Å². The van der Waals surface area contributed by atoms with Crippen molar-refractivity contribution in [2.75, 3.05) is 31.2 Å². The van der Waals surface area contributed by atoms with Crippen LogP contribution >= 0.6 is 23.8 Å². The number of hydrogen-bond donors (Lipinski definition) is 1. The first-order valence-corrected chi connectivity index (χ1v) is 11.3. The molecule has 2 aliphatic rings. The first-order chi connectivity index (χ1) is 15.8. The summed E-state index contributed by atoms with van der Waals surface area (Å²) >= 11 is 11.7. The number of nitrogens with zero attached hydrogens (tertiary/aromatic N) is 3. The third-order valence-corrected chi connectivity index (χ3v) is 6.43. The Bertz CT molecular complexity index is 1150. The molecule has 10 heteroatoms. The van der Waals surface area contributed by atoms with Crippen molar-refractivity contribution in [3.8, 4) is 0 Å². The lowest BCUT2D eigenvalue weighted by Crippen LogP contribution is -2.51. The topological polar surface area (TPSA) is 88.0 Å². The molecule has 4 rings (SSSR count). The van der Waals surface area contributed by atoms with Crippen LogP contribution in [0.25, 0.3) is 0 Å². The number of amides is 1. The maximum Gasteiger partial charge on any atom is 0.288 e. The molecule has 1 amide bonds. The Kier molecular flexibility index (Phi) is 6.64. The zero-order chi connectivity index (χ0) is 23.7. The average Bonchev–Trinajstić information content (AvgIpc) is 2.80. The number of ether oxygens (including phenoxy) is 1. The molecule has 1 unspecified atom stereocenters. The molecule has 0 aromatic heterocycles. The minimum Gasteiger partial charge on any atom is -0.378 e. The van der Waals surface area contributed by atoms with E-state index < -0.39 is 11.0 Å². The van der Waals surface area contributed by atoms with E-state index in [0.717, 1.165) is 11.3 Å². The third kappa shape index (κ3) is 4.57. The van der Waals surface area contributed by atoms with E-state index in [-0.39, 0.29) is 16.6 Å². The summed E-state index contributed by atoms with van der Waals surface area (Å²) < 4.78 is 5.40. The summed E-state index contributed by atoms with van der Waals surface area (Å²) in [5.41, 5.74) is 3.38. The van der Waals surface area contributed by atoms with Crippen LogP contribution in [-0.2, 0) is 9.53 Å². The number of halogens is 1. The van der Waals surface area contributed by atoms with Gasteiger partial charge in [-0.15, -0.1) is 0 Å². The maximum absolute atomic E-state index is 13.7. The summed E-state index contributed by atoms with van der Waals surface area (Å²) in [7, 11) is 0. The summed E-state index contributed by atoms with van der Waals surface area (Å²) in [6, 6.07) is 11.7. The monoisotopic (exact) mass is 486 g/mol. The second-order valence-electron chi connectivity index (χ2n) is 7.93. The molecule has 2 aliphatic heterocycles. The van der Waals surface area contributed by atoms with E-state index in [9.17, 15) is 14.9 Å². The van der Waals surface area contributed by atoms with Gasteiger partial charge < -0.3 is 15.0 Å². The van der Waals surface area contributed by atoms with Crippen LogP contribution in [0.4, 0.5) is 11.4 Å². The standard InChI is InChI=1S/C23H23ClN4O4S/c1-14-3-6-17(7-4-14)27-15(2)20(22(29)26-9-11-32-12-10-26)21(25-23(27)33)16-5-8-18(24)19(13-16)28(30)31/h3-8,13,21H,9-12H2,1-2H3,(H,25,33). The van der Waals surface area contributed by atoms with Crippen molar-refractivity contribution in [3.05, 3.63) is 80.0 Å². The minimum absolute atomic E-state index is 0.0326. The number of benzene rings is 2. The zero-order valence-electron chi connectivity index (χ0n) is 18.2. The largest absolute Gasteiger partial charge is 0.378 e. The number of thiocarbonyl (C=S) groups is 1. The Morgan fingerprint density at radius 2 is 1.85 bits per heavy atom. The molecule has 1 N–H and O–H groups in total. The second kappa shape index (κ2) is 9.46. The quantitative estimate of drug-likeness (QED) is 0.395. The summed E-state index contributed by atoms with van der Waals surface area (Å²) in [4.78, 5) is 28.2. The fraction of sp³-hybridized carbons (Fsp3) is 0.304. The van der Waals surface area contributed by atoms with Crippen molar-refractivity contribution in [2.24, 2.45) is 0 Å². The molecule has 33 heavy (non-hydrogen) atoms. The summed E-state index contributed by atoms with van der Waals surface area (Å²) in [5, 5.41) is 15.1. The van der Waals surface area contributed by atoms with Crippen molar-refractivity contribution in [1.29, 1.82) is 0 Å². The van der Waals surface area contributed by atoms with Gasteiger partial charge in [-0.2, -0.15) is 0 Å². The van der Waals surface area contributed by atoms with Crippen LogP contribution in [0.2, 0.25) is 5.02 Å². The van der Waals surface area contributed by atoms with Crippen LogP contribution in [0.3, 0.4) is 0 Å². The highest BCUT2D eigenvalue weighted by atomic mass is 35.5. The van der Waals surface area contributed by atoms with Crippen molar-refractivity contribution in [2.45, 2.75) is 19.9 Å². The summed E-state index contributed by atoms with van der Waals surface area (Å²) in [5.74, 6) is -0.162. The van der Waals surface area contributed by atoms with E-state index >= 15 is 0 Å². The first kappa shape index (κ1) is 23.2. The third-order valence-electron chi connectivity index (χ3n) is 5.81. The molecule has 1 saturated heterocycles. The Labute approximate surface area is 201 Å². The highest BCUT2D eigenvalue weighted by Gasteiger charge is 2.37. The highest BCUT2D eigenvalue weighted by Crippen LogP contribution is 2.37. The molecule has 1 fully saturated rings. The van der Waals surface area contributed by atoms with Gasteiger partial charge in [0.15, 0.2) is 5.11 Å². The van der Waals surface area contributed by atoms with Crippen LogP contribution in [0.15, 0.2) is 53.7 Å². The number of allylic oxidation sites excluding steroid dienone is 1. The predicted octanol–water partition coefficient (Wildman–Crippen LogP) is 4.13. The van der Waals surface area contributed by atoms with Crippen molar-refractivity contribution < 1.29 is 14.5 Å². The van der Waals surface area contributed by atoms with Gasteiger partial charge in [0, 0.05) is 30.5 Å². The van der Waals surface area contributed by atoms with Crippen molar-refractivity contribution in [3.63, 3.8) is 0 Å². The molecule has 0 bridgehead atoms. The minimum atomic E-state index is -0.662. The molecule has 0 aliphatic carbocycles. The Hall–Kier alpha value is -3.01. The molecule has 2 aromatic carbocycles. The van der Waals surface area contributed by atoms with Gasteiger partial charge >= 0.3 is 0 Å². The van der Waals surface area contributed by atoms with Gasteiger partial charge in [-0.05, 0) is 49.8 Å². The summed E-state index contributed by atoms with van der Waals surface area (Å²) in [6.07, 6.45) is 0. The average molecular weight is 487 g/mol. The molecule has 0 radical (unpaired) electrons. The molecule has 1 atom stereocenters. The van der Waals surface area contributed by atoms with Crippen molar-refractivity contribution in [1.82, 2.24) is 10.2 Å². The SMILES string of the molecule is CC1=C(C(=O)N2CCOCC2)C(c2ccc(Cl)c([N+](=O)[O-])c2)NC(=S)N1c1ccc(C)cc1. The van der Waals surface area contributed by atoms with Gasteiger partial charge in [-0.1, -0.05) is 35.4 Å². The highest BCUT2D eigenvalue weighted by molar-refractivity contribution is 7.80. The lowest BCUT2D eigenvalue weighted by atomic mass is 9.93. The molecule has 0 saturated carbocycles. The number of morpholine rings is 1. The number of nitro benzene ring substituents is 1. The number of nitro groups is 1. The van der Waals surface area contributed by atoms with Gasteiger partial charge in [0.2, 0.25) is 0 Å². The molecular weight excluding hydrogens is 464 g/mol. The molecule has 8 nitrogen and oxygen atoms in total. The van der Waals surface area contributed by atoms with Crippen LogP contribution in [-0.4, -0.2) is 47.1 Å². The van der Waals surface area contributed by atoms with Crippen LogP contribution < -0.4 is 10.2 Å². The molecule has 172 valence electrons. The number of nitrogens with one attached hydrogen (secondary N) is 1. The zero-order valence-corrected chi connectivity index (χ0v) is 19.8. The number of carbonyl (C=O) groups is 1. The van der Waals surface area contributed by atoms with Gasteiger partial charge in [-0.25, -0.2) is 0 Å². The number of anilines is 1. The van der Waals surface area contributed by atoms with E-state index in [0.29, 0.717) is 48.2 Å². The van der Waals surface area contributed by atoms with Gasteiger partial charge in [-0.3, -0.25) is 19.8 Å². The van der Waals surface area contributed by atoms with Gasteiger partial charge in [0.05, 0.1) is 29.8 Å². The fourth-order valence-electron chi connectivity index (χ4n) is 4.06. The summed E-state index contributed by atoms with van der Waals surface area (Å²) in [6.45, 7) is 5.70. The van der Waals surface area contributed by atoms with E-state index in [4.69, 9.17) is 28.6 Å². The van der Waals surface area contributed by atoms with E-state index in [1.54, 1.807) is 11.0 Å². The normalized spacial score (nSPS) is 18.9. The lowest BCUT2D eigenvalue weighted by molar-refractivity contribution is -0.384. The van der Waals surface area contributed by atoms with E-state index in [1.165, 1.54) is 12.1 Å². The van der Waals surface area contributed by atoms with Crippen LogP contribution in [0.5, 0.6) is 0 Å². The van der Waals surface area contributed by atoms with Crippen LogP contribution in [0, 0.1) is 17.0 Å². The Morgan fingerprint density at radius 1 is 1.18 bits per heavy atom. The maximum atomic E-state index is 13.7. The smallest absolute Gasteiger partial charge is 0.288 e. The Balaban J connectivity index is 1.84. The van der Waals surface area contributed by atoms with E-state index in [1.807, 2.05) is 43.0 Å². The number of rotatable bonds is 4. The first-order valence-electron chi connectivity index (χ1n) is 10.5. The van der Waals surface area contributed by atoms with Gasteiger partial charge in [0.25, 0.3) is 11.6 Å². The van der Waals surface area contributed by atoms with Gasteiger partial charge in [0.1, 0.15) is 5.02 Å². The molecule has 2 aromatic rings. The number of carbonyl (C=O) groups excluding carboxylic acids is 1. The van der Waals surface area contributed by atoms with E-state index in [2.05, 4.69) is 5.32 Å². The molecule has 0 spiro atoms. The van der Waals surface area contributed by atoms with Crippen molar-refractivity contribution >= 4 is 46.2 Å².